The van der Waals surface area contributed by atoms with Crippen LogP contribution in [0.4, 0.5) is 11.4 Å². The SMILES string of the molecule is COc1ccc(C(=O)NC(=S)Nc2cc(C)c(I)c(C)c2)cc1[N+](=O)[O-]. The van der Waals surface area contributed by atoms with Gasteiger partial charge in [-0.25, -0.2) is 0 Å². The maximum Gasteiger partial charge on any atom is 0.311 e. The highest BCUT2D eigenvalue weighted by Gasteiger charge is 2.18. The number of hydrogen-bond acceptors (Lipinski definition) is 5. The number of rotatable bonds is 4. The van der Waals surface area contributed by atoms with Gasteiger partial charge in [-0.2, -0.15) is 0 Å². The second kappa shape index (κ2) is 8.41. The van der Waals surface area contributed by atoms with Gasteiger partial charge in [-0.3, -0.25) is 20.2 Å². The molecule has 0 aromatic heterocycles. The maximum absolute atomic E-state index is 12.3. The molecule has 26 heavy (non-hydrogen) atoms. The van der Waals surface area contributed by atoms with Gasteiger partial charge in [0.05, 0.1) is 12.0 Å². The van der Waals surface area contributed by atoms with Crippen molar-refractivity contribution in [1.29, 1.82) is 0 Å². The summed E-state index contributed by atoms with van der Waals surface area (Å²) in [4.78, 5) is 22.8. The molecule has 0 saturated heterocycles. The summed E-state index contributed by atoms with van der Waals surface area (Å²) in [5.41, 5.74) is 2.76. The van der Waals surface area contributed by atoms with E-state index >= 15 is 0 Å². The Labute approximate surface area is 169 Å². The molecule has 136 valence electrons. The number of nitrogens with zero attached hydrogens (tertiary/aromatic N) is 1. The zero-order chi connectivity index (χ0) is 19.4. The summed E-state index contributed by atoms with van der Waals surface area (Å²) in [6.45, 7) is 3.97. The van der Waals surface area contributed by atoms with Crippen molar-refractivity contribution in [3.8, 4) is 5.75 Å². The molecular weight excluding hydrogens is 469 g/mol. The van der Waals surface area contributed by atoms with Gasteiger partial charge in [0.15, 0.2) is 10.9 Å². The van der Waals surface area contributed by atoms with Crippen LogP contribution in [-0.2, 0) is 0 Å². The fraction of sp³-hybridized carbons (Fsp3) is 0.176. The summed E-state index contributed by atoms with van der Waals surface area (Å²) in [7, 11) is 1.33. The molecule has 0 fully saturated rings. The number of nitrogens with one attached hydrogen (secondary N) is 2. The number of thiocarbonyl (C=S) groups is 1. The van der Waals surface area contributed by atoms with Crippen LogP contribution >= 0.6 is 34.8 Å². The Morgan fingerprint density at radius 1 is 1.23 bits per heavy atom. The molecule has 2 aromatic carbocycles. The molecule has 9 heteroatoms. The van der Waals surface area contributed by atoms with E-state index in [2.05, 4.69) is 33.2 Å². The van der Waals surface area contributed by atoms with E-state index in [1.807, 2.05) is 26.0 Å². The number of carbonyl (C=O) groups excluding carboxylic acids is 1. The number of ether oxygens (including phenoxy) is 1. The number of nitro benzene ring substituents is 1. The zero-order valence-corrected chi connectivity index (χ0v) is 17.2. The number of methoxy groups -OCH3 is 1. The smallest absolute Gasteiger partial charge is 0.311 e. The third kappa shape index (κ3) is 4.67. The van der Waals surface area contributed by atoms with Crippen LogP contribution in [0.15, 0.2) is 30.3 Å². The van der Waals surface area contributed by atoms with E-state index in [1.165, 1.54) is 19.2 Å². The Hall–Kier alpha value is -2.27. The minimum Gasteiger partial charge on any atom is -0.490 e. The van der Waals surface area contributed by atoms with Crippen LogP contribution in [0.5, 0.6) is 5.75 Å². The van der Waals surface area contributed by atoms with Gasteiger partial charge in [0.2, 0.25) is 0 Å². The van der Waals surface area contributed by atoms with Crippen molar-refractivity contribution in [2.45, 2.75) is 13.8 Å². The van der Waals surface area contributed by atoms with Crippen LogP contribution < -0.4 is 15.4 Å². The van der Waals surface area contributed by atoms with Gasteiger partial charge in [0.1, 0.15) is 0 Å². The van der Waals surface area contributed by atoms with Crippen molar-refractivity contribution >= 4 is 57.2 Å². The summed E-state index contributed by atoms with van der Waals surface area (Å²) >= 11 is 7.43. The first-order valence-electron chi connectivity index (χ1n) is 7.44. The van der Waals surface area contributed by atoms with E-state index in [1.54, 1.807) is 0 Å². The molecule has 0 saturated carbocycles. The zero-order valence-electron chi connectivity index (χ0n) is 14.3. The highest BCUT2D eigenvalue weighted by atomic mass is 127. The third-order valence-electron chi connectivity index (χ3n) is 3.56. The molecule has 2 N–H and O–H groups in total. The number of amides is 1. The Morgan fingerprint density at radius 3 is 2.38 bits per heavy atom. The highest BCUT2D eigenvalue weighted by molar-refractivity contribution is 14.1. The lowest BCUT2D eigenvalue weighted by atomic mass is 10.1. The fourth-order valence-corrected chi connectivity index (χ4v) is 2.85. The van der Waals surface area contributed by atoms with E-state index < -0.39 is 10.8 Å². The van der Waals surface area contributed by atoms with Gasteiger partial charge < -0.3 is 10.1 Å². The van der Waals surface area contributed by atoms with Crippen LogP contribution in [-0.4, -0.2) is 23.1 Å². The summed E-state index contributed by atoms with van der Waals surface area (Å²) < 4.78 is 6.08. The maximum atomic E-state index is 12.3. The lowest BCUT2D eigenvalue weighted by Crippen LogP contribution is -2.34. The van der Waals surface area contributed by atoms with Gasteiger partial charge in [-0.1, -0.05) is 0 Å². The van der Waals surface area contributed by atoms with Gasteiger partial charge in [0, 0.05) is 20.9 Å². The summed E-state index contributed by atoms with van der Waals surface area (Å²) in [6.07, 6.45) is 0. The number of halogens is 1. The molecule has 0 spiro atoms. The monoisotopic (exact) mass is 485 g/mol. The standard InChI is InChI=1S/C17H16IN3O4S/c1-9-6-12(7-10(2)15(9)18)19-17(26)20-16(22)11-4-5-14(25-3)13(8-11)21(23)24/h4-8H,1-3H3,(H2,19,20,22,26). The molecule has 2 rings (SSSR count). The number of anilines is 1. The van der Waals surface area contributed by atoms with E-state index in [-0.39, 0.29) is 22.1 Å². The van der Waals surface area contributed by atoms with Crippen LogP contribution in [0.3, 0.4) is 0 Å². The van der Waals surface area contributed by atoms with Crippen molar-refractivity contribution in [1.82, 2.24) is 5.32 Å². The predicted octanol–water partition coefficient (Wildman–Crippen LogP) is 3.95. The minimum absolute atomic E-state index is 0.0806. The number of carbonyl (C=O) groups is 1. The van der Waals surface area contributed by atoms with Gasteiger partial charge in [-0.05, 0) is 84.0 Å². The van der Waals surface area contributed by atoms with Crippen molar-refractivity contribution in [3.63, 3.8) is 0 Å². The summed E-state index contributed by atoms with van der Waals surface area (Å²) in [5.74, 6) is -0.468. The quantitative estimate of drug-likeness (QED) is 0.295. The number of nitro groups is 1. The highest BCUT2D eigenvalue weighted by Crippen LogP contribution is 2.27. The van der Waals surface area contributed by atoms with Crippen molar-refractivity contribution in [2.75, 3.05) is 12.4 Å². The molecule has 0 atom stereocenters. The largest absolute Gasteiger partial charge is 0.490 e. The molecular formula is C17H16IN3O4S. The average Bonchev–Trinajstić information content (AvgIpc) is 2.58. The van der Waals surface area contributed by atoms with E-state index in [9.17, 15) is 14.9 Å². The number of aryl methyl sites for hydroxylation is 2. The molecule has 2 aromatic rings. The lowest BCUT2D eigenvalue weighted by Gasteiger charge is -2.12. The lowest BCUT2D eigenvalue weighted by molar-refractivity contribution is -0.385. The van der Waals surface area contributed by atoms with Crippen molar-refractivity contribution in [3.05, 3.63) is 60.7 Å². The molecule has 0 radical (unpaired) electrons. The van der Waals surface area contributed by atoms with Gasteiger partial charge in [-0.15, -0.1) is 0 Å². The number of hydrogen-bond donors (Lipinski definition) is 2. The first-order chi connectivity index (χ1) is 12.2. The van der Waals surface area contributed by atoms with Crippen LogP contribution in [0.1, 0.15) is 21.5 Å². The van der Waals surface area contributed by atoms with Gasteiger partial charge >= 0.3 is 5.69 Å². The van der Waals surface area contributed by atoms with Gasteiger partial charge in [0.25, 0.3) is 5.91 Å². The first-order valence-corrected chi connectivity index (χ1v) is 8.93. The molecule has 0 aliphatic heterocycles. The van der Waals surface area contributed by atoms with Crippen LogP contribution in [0, 0.1) is 27.5 Å². The average molecular weight is 485 g/mol. The summed E-state index contributed by atoms with van der Waals surface area (Å²) in [6, 6.07) is 7.80. The first kappa shape index (κ1) is 20.0. The second-order valence-electron chi connectivity index (χ2n) is 5.48. The molecule has 7 nitrogen and oxygen atoms in total. The third-order valence-corrected chi connectivity index (χ3v) is 5.46. The number of benzene rings is 2. The Kier molecular flexibility index (Phi) is 6.48. The molecule has 0 aliphatic carbocycles. The molecule has 0 bridgehead atoms. The molecule has 0 unspecified atom stereocenters. The second-order valence-corrected chi connectivity index (χ2v) is 6.96. The minimum atomic E-state index is -0.608. The predicted molar refractivity (Wildman–Crippen MR) is 112 cm³/mol. The molecule has 1 amide bonds. The Balaban J connectivity index is 2.13. The Bertz CT molecular complexity index is 879. The Morgan fingerprint density at radius 2 is 1.85 bits per heavy atom. The van der Waals surface area contributed by atoms with E-state index in [0.29, 0.717) is 0 Å². The van der Waals surface area contributed by atoms with E-state index in [0.717, 1.165) is 26.5 Å². The summed E-state index contributed by atoms with van der Waals surface area (Å²) in [5, 5.41) is 16.6. The van der Waals surface area contributed by atoms with Crippen molar-refractivity contribution < 1.29 is 14.5 Å². The van der Waals surface area contributed by atoms with E-state index in [4.69, 9.17) is 17.0 Å². The van der Waals surface area contributed by atoms with Crippen LogP contribution in [0.2, 0.25) is 0 Å². The topological polar surface area (TPSA) is 93.5 Å². The normalized spacial score (nSPS) is 10.2. The fourth-order valence-electron chi connectivity index (χ4n) is 2.33. The van der Waals surface area contributed by atoms with Crippen molar-refractivity contribution in [2.24, 2.45) is 0 Å². The molecule has 0 aliphatic rings. The molecule has 0 heterocycles. The van der Waals surface area contributed by atoms with Crippen LogP contribution in [0.25, 0.3) is 0 Å².